The molecule has 4 aliphatic carbocycles. The average Bonchev–Trinajstić information content (AvgIpc) is 2.81. The minimum absolute atomic E-state index is 0.00591. The van der Waals surface area contributed by atoms with Gasteiger partial charge in [0.15, 0.2) is 0 Å². The molecule has 5 heteroatoms. The molecule has 5 aliphatic rings. The number of hydrogen-bond donors (Lipinski definition) is 0. The minimum Gasteiger partial charge on any atom is -0.497 e. The van der Waals surface area contributed by atoms with Crippen LogP contribution in [0.3, 0.4) is 0 Å². The Hall–Kier alpha value is -2.04. The second-order valence-electron chi connectivity index (χ2n) is 11.0. The highest BCUT2D eigenvalue weighted by molar-refractivity contribution is 5.82. The van der Waals surface area contributed by atoms with Crippen LogP contribution in [-0.2, 0) is 16.1 Å². The van der Waals surface area contributed by atoms with Crippen molar-refractivity contribution in [2.45, 2.75) is 76.8 Å². The Labute approximate surface area is 192 Å². The maximum absolute atomic E-state index is 14.2. The van der Waals surface area contributed by atoms with Crippen molar-refractivity contribution in [1.82, 2.24) is 9.80 Å². The Morgan fingerprint density at radius 1 is 1.12 bits per heavy atom. The van der Waals surface area contributed by atoms with Gasteiger partial charge in [-0.05, 0) is 86.8 Å². The van der Waals surface area contributed by atoms with Crippen LogP contribution in [0.2, 0.25) is 0 Å². The third-order valence-electron chi connectivity index (χ3n) is 8.75. The van der Waals surface area contributed by atoms with Crippen LogP contribution in [0.25, 0.3) is 0 Å². The standard InChI is InChI=1S/C27H38N2O3/c1-3-25(30)28-9-5-7-23(18-28)26(31)29(17-19-6-4-8-24(13-19)32-2)27-14-20-10-21(15-27)12-22(11-20)16-27/h4,6,8,13,20-23H,3,5,7,9-12,14-18H2,1-2H3. The van der Waals surface area contributed by atoms with Gasteiger partial charge in [-0.1, -0.05) is 19.1 Å². The molecule has 0 radical (unpaired) electrons. The van der Waals surface area contributed by atoms with Crippen LogP contribution in [-0.4, -0.2) is 47.4 Å². The van der Waals surface area contributed by atoms with E-state index >= 15 is 0 Å². The normalized spacial score (nSPS) is 33.2. The maximum atomic E-state index is 14.2. The molecule has 1 aromatic carbocycles. The number of amides is 2. The van der Waals surface area contributed by atoms with Crippen molar-refractivity contribution in [3.8, 4) is 5.75 Å². The SMILES string of the molecule is CCC(=O)N1CCCC(C(=O)N(Cc2cccc(OC)c2)C23CC4CC(CC(C4)C2)C3)C1. The largest absolute Gasteiger partial charge is 0.497 e. The first-order valence-corrected chi connectivity index (χ1v) is 12.7. The molecule has 5 fully saturated rings. The van der Waals surface area contributed by atoms with Gasteiger partial charge in [0.25, 0.3) is 0 Å². The van der Waals surface area contributed by atoms with Crippen molar-refractivity contribution in [3.63, 3.8) is 0 Å². The van der Waals surface area contributed by atoms with E-state index in [4.69, 9.17) is 4.74 Å². The van der Waals surface area contributed by atoms with E-state index in [1.807, 2.05) is 24.0 Å². The number of rotatable bonds is 6. The number of carbonyl (C=O) groups excluding carboxylic acids is 2. The lowest BCUT2D eigenvalue weighted by Gasteiger charge is -2.61. The van der Waals surface area contributed by atoms with Gasteiger partial charge in [-0.3, -0.25) is 9.59 Å². The molecular formula is C27H38N2O3. The first-order chi connectivity index (χ1) is 15.5. The molecule has 4 bridgehead atoms. The van der Waals surface area contributed by atoms with E-state index in [-0.39, 0.29) is 23.3 Å². The Morgan fingerprint density at radius 3 is 2.44 bits per heavy atom. The summed E-state index contributed by atoms with van der Waals surface area (Å²) in [7, 11) is 1.70. The summed E-state index contributed by atoms with van der Waals surface area (Å²) in [6.45, 7) is 3.95. The zero-order valence-electron chi connectivity index (χ0n) is 19.7. The van der Waals surface area contributed by atoms with Crippen LogP contribution in [0, 0.1) is 23.7 Å². The highest BCUT2D eigenvalue weighted by Crippen LogP contribution is 2.58. The van der Waals surface area contributed by atoms with E-state index in [1.165, 1.54) is 38.5 Å². The molecule has 0 N–H and O–H groups in total. The fourth-order valence-electron chi connectivity index (χ4n) is 7.68. The summed E-state index contributed by atoms with van der Waals surface area (Å²) in [5.41, 5.74) is 1.15. The van der Waals surface area contributed by atoms with Crippen LogP contribution in [0.4, 0.5) is 0 Å². The van der Waals surface area contributed by atoms with E-state index in [0.717, 1.165) is 48.5 Å². The number of likely N-dealkylation sites (tertiary alicyclic amines) is 1. The van der Waals surface area contributed by atoms with Crippen LogP contribution < -0.4 is 4.74 Å². The molecule has 1 heterocycles. The van der Waals surface area contributed by atoms with Crippen molar-refractivity contribution >= 4 is 11.8 Å². The first kappa shape index (κ1) is 21.8. The molecule has 1 aliphatic heterocycles. The quantitative estimate of drug-likeness (QED) is 0.650. The van der Waals surface area contributed by atoms with E-state index in [2.05, 4.69) is 17.0 Å². The van der Waals surface area contributed by atoms with Crippen molar-refractivity contribution in [1.29, 1.82) is 0 Å². The van der Waals surface area contributed by atoms with Gasteiger partial charge in [0, 0.05) is 31.6 Å². The Balaban J connectivity index is 1.44. The number of nitrogens with zero attached hydrogens (tertiary/aromatic N) is 2. The summed E-state index contributed by atoms with van der Waals surface area (Å²) < 4.78 is 5.47. The second-order valence-corrected chi connectivity index (χ2v) is 11.0. The van der Waals surface area contributed by atoms with Gasteiger partial charge >= 0.3 is 0 Å². The van der Waals surface area contributed by atoms with Crippen LogP contribution in [0.15, 0.2) is 24.3 Å². The summed E-state index contributed by atoms with van der Waals surface area (Å²) in [5.74, 6) is 3.58. The van der Waals surface area contributed by atoms with Gasteiger partial charge in [-0.15, -0.1) is 0 Å². The molecule has 0 aromatic heterocycles. The molecule has 2 amide bonds. The highest BCUT2D eigenvalue weighted by Gasteiger charge is 2.55. The zero-order chi connectivity index (χ0) is 22.3. The molecule has 1 atom stereocenters. The number of hydrogen-bond acceptors (Lipinski definition) is 3. The fourth-order valence-corrected chi connectivity index (χ4v) is 7.68. The molecule has 1 unspecified atom stereocenters. The number of ether oxygens (including phenoxy) is 1. The second kappa shape index (κ2) is 8.72. The summed E-state index contributed by atoms with van der Waals surface area (Å²) >= 11 is 0. The minimum atomic E-state index is -0.0714. The van der Waals surface area contributed by atoms with Crippen LogP contribution in [0.5, 0.6) is 5.75 Å². The molecule has 4 saturated carbocycles. The summed E-state index contributed by atoms with van der Waals surface area (Å²) in [6.07, 6.45) is 9.93. The summed E-state index contributed by atoms with van der Waals surface area (Å²) in [4.78, 5) is 30.8. The van der Waals surface area contributed by atoms with Crippen LogP contribution >= 0.6 is 0 Å². The molecule has 6 rings (SSSR count). The molecule has 32 heavy (non-hydrogen) atoms. The molecule has 5 nitrogen and oxygen atoms in total. The van der Waals surface area contributed by atoms with E-state index in [9.17, 15) is 9.59 Å². The molecule has 174 valence electrons. The van der Waals surface area contributed by atoms with Gasteiger partial charge in [0.2, 0.25) is 11.8 Å². The molecule has 0 spiro atoms. The Kier molecular flexibility index (Phi) is 5.94. The van der Waals surface area contributed by atoms with Crippen molar-refractivity contribution < 1.29 is 14.3 Å². The Morgan fingerprint density at radius 2 is 1.81 bits per heavy atom. The third kappa shape index (κ3) is 4.04. The number of carbonyl (C=O) groups is 2. The van der Waals surface area contributed by atoms with Crippen molar-refractivity contribution in [3.05, 3.63) is 29.8 Å². The lowest BCUT2D eigenvalue weighted by Crippen LogP contribution is -2.62. The monoisotopic (exact) mass is 438 g/mol. The van der Waals surface area contributed by atoms with Gasteiger partial charge in [-0.2, -0.15) is 0 Å². The molecular weight excluding hydrogens is 400 g/mol. The first-order valence-electron chi connectivity index (χ1n) is 12.7. The predicted octanol–water partition coefficient (Wildman–Crippen LogP) is 4.64. The van der Waals surface area contributed by atoms with E-state index < -0.39 is 0 Å². The molecule has 1 saturated heterocycles. The molecule has 1 aromatic rings. The smallest absolute Gasteiger partial charge is 0.228 e. The van der Waals surface area contributed by atoms with Crippen molar-refractivity contribution in [2.24, 2.45) is 23.7 Å². The summed E-state index contributed by atoms with van der Waals surface area (Å²) in [5, 5.41) is 0. The topological polar surface area (TPSA) is 49.9 Å². The zero-order valence-corrected chi connectivity index (χ0v) is 19.7. The van der Waals surface area contributed by atoms with Gasteiger partial charge in [0.05, 0.1) is 13.0 Å². The average molecular weight is 439 g/mol. The highest BCUT2D eigenvalue weighted by atomic mass is 16.5. The number of methoxy groups -OCH3 is 1. The maximum Gasteiger partial charge on any atom is 0.228 e. The van der Waals surface area contributed by atoms with Gasteiger partial charge < -0.3 is 14.5 Å². The van der Waals surface area contributed by atoms with E-state index in [0.29, 0.717) is 19.5 Å². The number of piperidine rings is 1. The fraction of sp³-hybridized carbons (Fsp3) is 0.704. The number of benzene rings is 1. The van der Waals surface area contributed by atoms with Gasteiger partial charge in [-0.25, -0.2) is 0 Å². The van der Waals surface area contributed by atoms with Gasteiger partial charge in [0.1, 0.15) is 5.75 Å². The summed E-state index contributed by atoms with van der Waals surface area (Å²) in [6, 6.07) is 8.19. The van der Waals surface area contributed by atoms with Crippen LogP contribution in [0.1, 0.15) is 70.3 Å². The van der Waals surface area contributed by atoms with Crippen molar-refractivity contribution in [2.75, 3.05) is 20.2 Å². The Bertz CT molecular complexity index is 831. The third-order valence-corrected chi connectivity index (χ3v) is 8.75. The van der Waals surface area contributed by atoms with E-state index in [1.54, 1.807) is 7.11 Å². The lowest BCUT2D eigenvalue weighted by molar-refractivity contribution is -0.159. The lowest BCUT2D eigenvalue weighted by atomic mass is 9.52. The predicted molar refractivity (Wildman–Crippen MR) is 124 cm³/mol.